The van der Waals surface area contributed by atoms with Crippen molar-refractivity contribution in [3.05, 3.63) is 65.2 Å². The number of benzene rings is 2. The predicted molar refractivity (Wildman–Crippen MR) is 100 cm³/mol. The van der Waals surface area contributed by atoms with Gasteiger partial charge >= 0.3 is 5.97 Å². The molecule has 3 rings (SSSR count). The van der Waals surface area contributed by atoms with E-state index in [0.29, 0.717) is 18.7 Å². The minimum atomic E-state index is -3.61. The molecule has 0 radical (unpaired) electrons. The Kier molecular flexibility index (Phi) is 5.72. The second-order valence-corrected chi connectivity index (χ2v) is 8.44. The molecule has 27 heavy (non-hydrogen) atoms. The number of ether oxygens (including phenoxy) is 1. The fraction of sp³-hybridized carbons (Fsp3) is 0.300. The van der Waals surface area contributed by atoms with Crippen molar-refractivity contribution < 1.29 is 22.7 Å². The van der Waals surface area contributed by atoms with E-state index in [9.17, 15) is 18.0 Å². The van der Waals surface area contributed by atoms with Crippen molar-refractivity contribution in [3.8, 4) is 0 Å². The van der Waals surface area contributed by atoms with Crippen LogP contribution in [0, 0.1) is 6.92 Å². The van der Waals surface area contributed by atoms with Crippen LogP contribution in [0.4, 0.5) is 0 Å². The molecule has 0 spiro atoms. The first-order chi connectivity index (χ1) is 12.9. The van der Waals surface area contributed by atoms with Gasteiger partial charge in [0.2, 0.25) is 10.0 Å². The Morgan fingerprint density at radius 3 is 2.33 bits per heavy atom. The molecular formula is C20H21NO5S. The first-order valence-corrected chi connectivity index (χ1v) is 10.2. The number of rotatable bonds is 6. The standard InChI is InChI=1S/C20H21NO5S/c1-15-7-9-16(10-8-15)19(22)14-26-20(23)17-5-4-6-18(13-17)27(24,25)21-11-2-3-12-21/h4-10,13H,2-3,11-12,14H2,1H3. The Bertz CT molecular complexity index is 945. The van der Waals surface area contributed by atoms with Crippen molar-refractivity contribution in [1.82, 2.24) is 4.31 Å². The second kappa shape index (κ2) is 8.02. The molecule has 142 valence electrons. The monoisotopic (exact) mass is 387 g/mol. The van der Waals surface area contributed by atoms with Gasteiger partial charge in [0, 0.05) is 18.7 Å². The summed E-state index contributed by atoms with van der Waals surface area (Å²) in [6, 6.07) is 12.7. The summed E-state index contributed by atoms with van der Waals surface area (Å²) < 4.78 is 31.7. The van der Waals surface area contributed by atoms with Crippen LogP contribution >= 0.6 is 0 Å². The number of hydrogen-bond donors (Lipinski definition) is 0. The molecule has 1 heterocycles. The van der Waals surface area contributed by atoms with E-state index in [0.717, 1.165) is 18.4 Å². The third kappa shape index (κ3) is 4.43. The van der Waals surface area contributed by atoms with Gasteiger partial charge < -0.3 is 4.74 Å². The first-order valence-electron chi connectivity index (χ1n) is 8.75. The molecule has 0 amide bonds. The van der Waals surface area contributed by atoms with Gasteiger partial charge in [-0.25, -0.2) is 13.2 Å². The SMILES string of the molecule is Cc1ccc(C(=O)COC(=O)c2cccc(S(=O)(=O)N3CCCC3)c2)cc1. The van der Waals surface area contributed by atoms with E-state index in [1.54, 1.807) is 12.1 Å². The smallest absolute Gasteiger partial charge is 0.338 e. The third-order valence-electron chi connectivity index (χ3n) is 4.48. The van der Waals surface area contributed by atoms with Crippen LogP contribution in [0.25, 0.3) is 0 Å². The van der Waals surface area contributed by atoms with E-state index in [-0.39, 0.29) is 16.2 Å². The van der Waals surface area contributed by atoms with E-state index < -0.39 is 22.6 Å². The average Bonchev–Trinajstić information content (AvgIpc) is 3.22. The van der Waals surface area contributed by atoms with Crippen LogP contribution in [-0.4, -0.2) is 44.2 Å². The maximum Gasteiger partial charge on any atom is 0.338 e. The number of aryl methyl sites for hydroxylation is 1. The molecule has 0 bridgehead atoms. The Morgan fingerprint density at radius 2 is 1.67 bits per heavy atom. The summed E-state index contributed by atoms with van der Waals surface area (Å²) >= 11 is 0. The highest BCUT2D eigenvalue weighted by Gasteiger charge is 2.27. The summed E-state index contributed by atoms with van der Waals surface area (Å²) in [7, 11) is -3.61. The van der Waals surface area contributed by atoms with Crippen molar-refractivity contribution in [2.24, 2.45) is 0 Å². The van der Waals surface area contributed by atoms with E-state index in [4.69, 9.17) is 4.74 Å². The fourth-order valence-electron chi connectivity index (χ4n) is 2.90. The van der Waals surface area contributed by atoms with Crippen LogP contribution in [0.5, 0.6) is 0 Å². The van der Waals surface area contributed by atoms with E-state index in [2.05, 4.69) is 0 Å². The molecule has 1 aliphatic rings. The van der Waals surface area contributed by atoms with Gasteiger partial charge in [-0.3, -0.25) is 4.79 Å². The molecule has 7 heteroatoms. The number of sulfonamides is 1. The minimum absolute atomic E-state index is 0.0590. The van der Waals surface area contributed by atoms with Gasteiger partial charge in [0.15, 0.2) is 12.4 Å². The topological polar surface area (TPSA) is 80.8 Å². The van der Waals surface area contributed by atoms with Gasteiger partial charge in [0.25, 0.3) is 0 Å². The Hall–Kier alpha value is -2.51. The van der Waals surface area contributed by atoms with Gasteiger partial charge in [-0.1, -0.05) is 35.9 Å². The zero-order chi connectivity index (χ0) is 19.4. The van der Waals surface area contributed by atoms with Crippen molar-refractivity contribution in [2.45, 2.75) is 24.7 Å². The van der Waals surface area contributed by atoms with Crippen LogP contribution in [0.15, 0.2) is 53.4 Å². The summed E-state index contributed by atoms with van der Waals surface area (Å²) in [5, 5.41) is 0. The normalized spacial score (nSPS) is 14.9. The highest BCUT2D eigenvalue weighted by atomic mass is 32.2. The molecule has 0 N–H and O–H groups in total. The number of nitrogens with zero attached hydrogens (tertiary/aromatic N) is 1. The summed E-state index contributed by atoms with van der Waals surface area (Å²) in [4.78, 5) is 24.4. The predicted octanol–water partition coefficient (Wildman–Crippen LogP) is 2.82. The molecule has 0 aliphatic carbocycles. The van der Waals surface area contributed by atoms with Crippen LogP contribution < -0.4 is 0 Å². The molecular weight excluding hydrogens is 366 g/mol. The highest BCUT2D eigenvalue weighted by Crippen LogP contribution is 2.21. The molecule has 6 nitrogen and oxygen atoms in total. The summed E-state index contributed by atoms with van der Waals surface area (Å²) in [6.45, 7) is 2.49. The van der Waals surface area contributed by atoms with Gasteiger partial charge in [-0.15, -0.1) is 0 Å². The zero-order valence-corrected chi connectivity index (χ0v) is 15.9. The minimum Gasteiger partial charge on any atom is -0.454 e. The fourth-order valence-corrected chi connectivity index (χ4v) is 4.46. The molecule has 2 aromatic carbocycles. The lowest BCUT2D eigenvalue weighted by Gasteiger charge is -2.15. The lowest BCUT2D eigenvalue weighted by atomic mass is 10.1. The molecule has 0 aromatic heterocycles. The van der Waals surface area contributed by atoms with Crippen LogP contribution in [0.1, 0.15) is 39.1 Å². The molecule has 1 saturated heterocycles. The number of hydrogen-bond acceptors (Lipinski definition) is 5. The third-order valence-corrected chi connectivity index (χ3v) is 6.38. The second-order valence-electron chi connectivity index (χ2n) is 6.50. The van der Waals surface area contributed by atoms with Crippen molar-refractivity contribution in [2.75, 3.05) is 19.7 Å². The number of carbonyl (C=O) groups is 2. The van der Waals surface area contributed by atoms with Crippen LogP contribution in [0.2, 0.25) is 0 Å². The quantitative estimate of drug-likeness (QED) is 0.562. The molecule has 0 atom stereocenters. The maximum absolute atomic E-state index is 12.6. The molecule has 2 aromatic rings. The largest absolute Gasteiger partial charge is 0.454 e. The number of carbonyl (C=O) groups excluding carboxylic acids is 2. The average molecular weight is 387 g/mol. The first kappa shape index (κ1) is 19.3. The van der Waals surface area contributed by atoms with Crippen LogP contribution in [-0.2, 0) is 14.8 Å². The molecule has 1 fully saturated rings. The van der Waals surface area contributed by atoms with Crippen molar-refractivity contribution >= 4 is 21.8 Å². The Balaban J connectivity index is 1.68. The number of ketones is 1. The molecule has 1 aliphatic heterocycles. The summed E-state index contributed by atoms with van der Waals surface area (Å²) in [5.74, 6) is -1.04. The number of esters is 1. The van der Waals surface area contributed by atoms with Gasteiger partial charge in [0.1, 0.15) is 0 Å². The van der Waals surface area contributed by atoms with Gasteiger partial charge in [-0.2, -0.15) is 4.31 Å². The molecule has 0 unspecified atom stereocenters. The number of Topliss-reactive ketones (excluding diaryl/α,β-unsaturated/α-hetero) is 1. The zero-order valence-electron chi connectivity index (χ0n) is 15.1. The van der Waals surface area contributed by atoms with E-state index >= 15 is 0 Å². The lowest BCUT2D eigenvalue weighted by Crippen LogP contribution is -2.28. The van der Waals surface area contributed by atoms with Crippen molar-refractivity contribution in [1.29, 1.82) is 0 Å². The van der Waals surface area contributed by atoms with Gasteiger partial charge in [-0.05, 0) is 38.0 Å². The Morgan fingerprint density at radius 1 is 1.00 bits per heavy atom. The highest BCUT2D eigenvalue weighted by molar-refractivity contribution is 7.89. The maximum atomic E-state index is 12.6. The van der Waals surface area contributed by atoms with E-state index in [1.807, 2.05) is 19.1 Å². The Labute approximate surface area is 158 Å². The summed E-state index contributed by atoms with van der Waals surface area (Å²) in [5.41, 5.74) is 1.59. The molecule has 0 saturated carbocycles. The lowest BCUT2D eigenvalue weighted by molar-refractivity contribution is 0.0474. The summed E-state index contributed by atoms with van der Waals surface area (Å²) in [6.07, 6.45) is 1.67. The van der Waals surface area contributed by atoms with Crippen LogP contribution in [0.3, 0.4) is 0 Å². The van der Waals surface area contributed by atoms with Gasteiger partial charge in [0.05, 0.1) is 10.5 Å². The van der Waals surface area contributed by atoms with Crippen molar-refractivity contribution in [3.63, 3.8) is 0 Å². The van der Waals surface area contributed by atoms with E-state index in [1.165, 1.54) is 28.6 Å².